The van der Waals surface area contributed by atoms with Crippen LogP contribution < -0.4 is 10.1 Å². The number of esters is 1. The van der Waals surface area contributed by atoms with Crippen molar-refractivity contribution in [2.75, 3.05) is 7.11 Å². The van der Waals surface area contributed by atoms with Gasteiger partial charge in [-0.2, -0.15) is 0 Å². The first-order valence-corrected chi connectivity index (χ1v) is 10.3. The molecule has 0 saturated carbocycles. The molecule has 0 bridgehead atoms. The molecule has 3 rings (SSSR count). The third-order valence-electron chi connectivity index (χ3n) is 5.11. The monoisotopic (exact) mass is 434 g/mol. The number of pyridine rings is 1. The largest absolute Gasteiger partial charge is 0.503 e. The lowest BCUT2D eigenvalue weighted by molar-refractivity contribution is -0.150. The number of nitrogens with one attached hydrogen (secondary N) is 1. The Morgan fingerprint density at radius 2 is 1.50 bits per heavy atom. The van der Waals surface area contributed by atoms with Crippen LogP contribution in [-0.2, 0) is 9.53 Å². The first-order valence-electron chi connectivity index (χ1n) is 10.3. The smallest absolute Gasteiger partial charge is 0.328 e. The number of methoxy groups -OCH3 is 1. The van der Waals surface area contributed by atoms with Gasteiger partial charge in [-0.1, -0.05) is 60.7 Å². The minimum atomic E-state index is -0.954. The number of aromatic nitrogens is 1. The average Bonchev–Trinajstić information content (AvgIpc) is 2.80. The van der Waals surface area contributed by atoms with Crippen molar-refractivity contribution in [2.45, 2.75) is 31.9 Å². The normalized spacial score (nSPS) is 12.6. The Labute approximate surface area is 187 Å². The minimum absolute atomic E-state index is 0.113. The van der Waals surface area contributed by atoms with E-state index >= 15 is 0 Å². The van der Waals surface area contributed by atoms with E-state index in [1.54, 1.807) is 0 Å². The molecule has 7 heteroatoms. The van der Waals surface area contributed by atoms with Gasteiger partial charge in [0.05, 0.1) is 7.11 Å². The highest BCUT2D eigenvalue weighted by atomic mass is 16.5. The molecule has 1 amide bonds. The highest BCUT2D eigenvalue weighted by Gasteiger charge is 2.28. The maximum atomic E-state index is 12.8. The zero-order valence-corrected chi connectivity index (χ0v) is 18.2. The molecular weight excluding hydrogens is 408 g/mol. The Bertz CT molecular complexity index is 1020. The highest BCUT2D eigenvalue weighted by molar-refractivity contribution is 5.97. The summed E-state index contributed by atoms with van der Waals surface area (Å²) in [5.74, 6) is -1.75. The van der Waals surface area contributed by atoms with E-state index in [-0.39, 0.29) is 17.4 Å². The predicted molar refractivity (Wildman–Crippen MR) is 120 cm³/mol. The number of amides is 1. The molecule has 0 fully saturated rings. The van der Waals surface area contributed by atoms with Crippen molar-refractivity contribution in [3.8, 4) is 11.5 Å². The molecular formula is C25H26N2O5. The summed E-state index contributed by atoms with van der Waals surface area (Å²) in [7, 11) is 1.37. The molecule has 1 aromatic heterocycles. The quantitative estimate of drug-likeness (QED) is 0.525. The molecule has 2 aromatic carbocycles. The molecule has 0 radical (unpaired) electrons. The van der Waals surface area contributed by atoms with E-state index in [1.807, 2.05) is 67.6 Å². The molecule has 0 aliphatic heterocycles. The summed E-state index contributed by atoms with van der Waals surface area (Å²) in [5.41, 5.74) is 1.80. The Morgan fingerprint density at radius 3 is 2.03 bits per heavy atom. The summed E-state index contributed by atoms with van der Waals surface area (Å²) in [6.07, 6.45) is 0.845. The van der Waals surface area contributed by atoms with Crippen molar-refractivity contribution in [3.63, 3.8) is 0 Å². The fraction of sp³-hybridized carbons (Fsp3) is 0.240. The van der Waals surface area contributed by atoms with Crippen LogP contribution in [0.15, 0.2) is 72.9 Å². The van der Waals surface area contributed by atoms with Crippen molar-refractivity contribution in [1.82, 2.24) is 10.3 Å². The second-order valence-electron chi connectivity index (χ2n) is 7.35. The first kappa shape index (κ1) is 22.8. The second-order valence-corrected chi connectivity index (χ2v) is 7.35. The van der Waals surface area contributed by atoms with Crippen LogP contribution in [0, 0.1) is 0 Å². The highest BCUT2D eigenvalue weighted by Crippen LogP contribution is 2.30. The number of ether oxygens (including phenoxy) is 2. The third-order valence-corrected chi connectivity index (χ3v) is 5.11. The Kier molecular flexibility index (Phi) is 7.44. The van der Waals surface area contributed by atoms with Crippen LogP contribution in [0.1, 0.15) is 41.4 Å². The average molecular weight is 434 g/mol. The van der Waals surface area contributed by atoms with E-state index in [1.165, 1.54) is 26.3 Å². The van der Waals surface area contributed by atoms with E-state index < -0.39 is 29.8 Å². The SMILES string of the molecule is COc1ccnc(C(=O)N[C@@H](C)C(=O)OC(C)C(c2ccccc2)c2ccccc2)c1O. The zero-order chi connectivity index (χ0) is 23.1. The van der Waals surface area contributed by atoms with Crippen molar-refractivity contribution in [3.05, 3.63) is 89.7 Å². The van der Waals surface area contributed by atoms with Gasteiger partial charge in [-0.05, 0) is 25.0 Å². The second kappa shape index (κ2) is 10.4. The standard InChI is InChI=1S/C25H26N2O5/c1-16(27-24(29)22-23(28)20(31-3)14-15-26-22)25(30)32-17(2)21(18-10-6-4-7-11-18)19-12-8-5-9-13-19/h4-17,21,28H,1-3H3,(H,27,29)/t16-,17?/m0/s1. The Morgan fingerprint density at radius 1 is 0.938 bits per heavy atom. The summed E-state index contributed by atoms with van der Waals surface area (Å²) in [5, 5.41) is 12.6. The maximum absolute atomic E-state index is 12.8. The molecule has 0 aliphatic carbocycles. The van der Waals surface area contributed by atoms with E-state index in [0.29, 0.717) is 0 Å². The number of nitrogens with zero attached hydrogens (tertiary/aromatic N) is 1. The van der Waals surface area contributed by atoms with Crippen LogP contribution in [0.5, 0.6) is 11.5 Å². The van der Waals surface area contributed by atoms with Crippen molar-refractivity contribution < 1.29 is 24.2 Å². The Hall–Kier alpha value is -3.87. The number of carbonyl (C=O) groups is 2. The van der Waals surface area contributed by atoms with Gasteiger partial charge in [-0.3, -0.25) is 4.79 Å². The molecule has 2 atom stereocenters. The van der Waals surface area contributed by atoms with Gasteiger partial charge in [-0.25, -0.2) is 9.78 Å². The summed E-state index contributed by atoms with van der Waals surface area (Å²) < 4.78 is 10.7. The van der Waals surface area contributed by atoms with Gasteiger partial charge >= 0.3 is 5.97 Å². The van der Waals surface area contributed by atoms with Crippen LogP contribution in [0.4, 0.5) is 0 Å². The van der Waals surface area contributed by atoms with Crippen LogP contribution in [0.25, 0.3) is 0 Å². The number of hydrogen-bond acceptors (Lipinski definition) is 6. The van der Waals surface area contributed by atoms with Gasteiger partial charge in [0.25, 0.3) is 5.91 Å². The first-order chi connectivity index (χ1) is 15.4. The predicted octanol–water partition coefficient (Wildman–Crippen LogP) is 3.68. The lowest BCUT2D eigenvalue weighted by Gasteiger charge is -2.26. The van der Waals surface area contributed by atoms with Gasteiger partial charge < -0.3 is 19.9 Å². The molecule has 3 aromatic rings. The van der Waals surface area contributed by atoms with Gasteiger partial charge in [0.2, 0.25) is 0 Å². The molecule has 0 spiro atoms. The number of carbonyl (C=O) groups excluding carboxylic acids is 2. The van der Waals surface area contributed by atoms with Crippen LogP contribution in [0.3, 0.4) is 0 Å². The molecule has 166 valence electrons. The maximum Gasteiger partial charge on any atom is 0.328 e. The van der Waals surface area contributed by atoms with Crippen LogP contribution >= 0.6 is 0 Å². The number of rotatable bonds is 8. The summed E-state index contributed by atoms with van der Waals surface area (Å²) in [6, 6.07) is 20.1. The van der Waals surface area contributed by atoms with Gasteiger partial charge in [-0.15, -0.1) is 0 Å². The summed E-state index contributed by atoms with van der Waals surface area (Å²) >= 11 is 0. The molecule has 7 nitrogen and oxygen atoms in total. The van der Waals surface area contributed by atoms with E-state index in [2.05, 4.69) is 10.3 Å². The van der Waals surface area contributed by atoms with Gasteiger partial charge in [0, 0.05) is 18.2 Å². The van der Waals surface area contributed by atoms with Crippen LogP contribution in [-0.4, -0.2) is 41.2 Å². The Balaban J connectivity index is 1.72. The lowest BCUT2D eigenvalue weighted by Crippen LogP contribution is -2.41. The van der Waals surface area contributed by atoms with Crippen molar-refractivity contribution in [2.24, 2.45) is 0 Å². The molecule has 1 unspecified atom stereocenters. The summed E-state index contributed by atoms with van der Waals surface area (Å²) in [4.78, 5) is 29.1. The fourth-order valence-electron chi connectivity index (χ4n) is 3.50. The van der Waals surface area contributed by atoms with Gasteiger partial charge in [0.1, 0.15) is 12.1 Å². The van der Waals surface area contributed by atoms with Crippen LogP contribution in [0.2, 0.25) is 0 Å². The van der Waals surface area contributed by atoms with E-state index in [9.17, 15) is 14.7 Å². The zero-order valence-electron chi connectivity index (χ0n) is 18.2. The molecule has 0 saturated heterocycles. The topological polar surface area (TPSA) is 97.8 Å². The van der Waals surface area contributed by atoms with Crippen molar-refractivity contribution >= 4 is 11.9 Å². The number of hydrogen-bond donors (Lipinski definition) is 2. The molecule has 0 aliphatic rings. The van der Waals surface area contributed by atoms with Gasteiger partial charge in [0.15, 0.2) is 17.2 Å². The van der Waals surface area contributed by atoms with Crippen molar-refractivity contribution in [1.29, 1.82) is 0 Å². The fourth-order valence-corrected chi connectivity index (χ4v) is 3.50. The lowest BCUT2D eigenvalue weighted by atomic mass is 9.87. The number of benzene rings is 2. The molecule has 1 heterocycles. The molecule has 2 N–H and O–H groups in total. The van der Waals surface area contributed by atoms with E-state index in [0.717, 1.165) is 11.1 Å². The minimum Gasteiger partial charge on any atom is -0.503 e. The summed E-state index contributed by atoms with van der Waals surface area (Å²) in [6.45, 7) is 3.34. The third kappa shape index (κ3) is 5.24. The number of aromatic hydroxyl groups is 1. The van der Waals surface area contributed by atoms with E-state index in [4.69, 9.17) is 9.47 Å². The molecule has 32 heavy (non-hydrogen) atoms.